The Kier molecular flexibility index (Phi) is 2.22. The highest BCUT2D eigenvalue weighted by Gasteiger charge is 2.24. The fourth-order valence-electron chi connectivity index (χ4n) is 2.53. The van der Waals surface area contributed by atoms with E-state index in [2.05, 4.69) is 15.5 Å². The van der Waals surface area contributed by atoms with Gasteiger partial charge in [-0.3, -0.25) is 0 Å². The summed E-state index contributed by atoms with van der Waals surface area (Å²) in [7, 11) is 0. The molecule has 1 aliphatic rings. The number of aromatic nitrogens is 1. The monoisotopic (exact) mass is 226 g/mol. The van der Waals surface area contributed by atoms with Crippen molar-refractivity contribution in [1.82, 2.24) is 4.57 Å². The number of nitrogens with zero attached hydrogens (tertiary/aromatic N) is 2. The van der Waals surface area contributed by atoms with Crippen LogP contribution in [0.4, 0.5) is 10.1 Å². The summed E-state index contributed by atoms with van der Waals surface area (Å²) in [5, 5.41) is 0. The van der Waals surface area contributed by atoms with Gasteiger partial charge in [0.05, 0.1) is 12.6 Å². The number of aryl methyl sites for hydroxylation is 1. The molecule has 1 aromatic carbocycles. The van der Waals surface area contributed by atoms with E-state index in [4.69, 9.17) is 6.57 Å². The maximum atomic E-state index is 13.9. The molecular formula is C14H11FN2. The number of rotatable bonds is 1. The van der Waals surface area contributed by atoms with Crippen molar-refractivity contribution in [3.63, 3.8) is 0 Å². The van der Waals surface area contributed by atoms with Crippen LogP contribution in [0.5, 0.6) is 0 Å². The summed E-state index contributed by atoms with van der Waals surface area (Å²) in [4.78, 5) is 3.24. The first-order valence-corrected chi connectivity index (χ1v) is 5.62. The van der Waals surface area contributed by atoms with Crippen LogP contribution in [0.25, 0.3) is 4.85 Å². The van der Waals surface area contributed by atoms with Crippen LogP contribution < -0.4 is 0 Å². The quantitative estimate of drug-likeness (QED) is 0.656. The normalized spacial score (nSPS) is 17.8. The van der Waals surface area contributed by atoms with Crippen LogP contribution in [0.2, 0.25) is 0 Å². The number of hydrogen-bond acceptors (Lipinski definition) is 0. The van der Waals surface area contributed by atoms with Gasteiger partial charge in [-0.25, -0.2) is 9.24 Å². The minimum Gasteiger partial charge on any atom is -0.344 e. The van der Waals surface area contributed by atoms with Crippen molar-refractivity contribution in [1.29, 1.82) is 0 Å². The predicted molar refractivity (Wildman–Crippen MR) is 63.6 cm³/mol. The average Bonchev–Trinajstić information content (AvgIpc) is 2.91. The predicted octanol–water partition coefficient (Wildman–Crippen LogP) is 3.71. The lowest BCUT2D eigenvalue weighted by atomic mass is 10.0. The third-order valence-electron chi connectivity index (χ3n) is 3.35. The van der Waals surface area contributed by atoms with E-state index in [1.54, 1.807) is 12.1 Å². The largest absolute Gasteiger partial charge is 0.344 e. The summed E-state index contributed by atoms with van der Waals surface area (Å²) in [6, 6.07) is 8.90. The molecular weight excluding hydrogens is 215 g/mol. The van der Waals surface area contributed by atoms with Crippen molar-refractivity contribution >= 4 is 5.69 Å². The highest BCUT2D eigenvalue weighted by Crippen LogP contribution is 2.34. The van der Waals surface area contributed by atoms with E-state index < -0.39 is 0 Å². The van der Waals surface area contributed by atoms with Crippen LogP contribution in [0.3, 0.4) is 0 Å². The molecule has 1 atom stereocenters. The Bertz CT molecular complexity index is 607. The zero-order valence-corrected chi connectivity index (χ0v) is 9.23. The number of halogens is 1. The third-order valence-corrected chi connectivity index (χ3v) is 3.35. The summed E-state index contributed by atoms with van der Waals surface area (Å²) >= 11 is 0. The fraction of sp³-hybridized carbons (Fsp3) is 0.214. The van der Waals surface area contributed by atoms with Crippen LogP contribution in [-0.2, 0) is 6.42 Å². The van der Waals surface area contributed by atoms with Gasteiger partial charge in [-0.2, -0.15) is 0 Å². The Balaban J connectivity index is 2.05. The summed E-state index contributed by atoms with van der Waals surface area (Å²) in [5.74, 6) is -0.273. The molecule has 1 aromatic heterocycles. The van der Waals surface area contributed by atoms with E-state index in [1.165, 1.54) is 11.8 Å². The molecule has 3 heteroatoms. The van der Waals surface area contributed by atoms with Crippen molar-refractivity contribution in [2.24, 2.45) is 0 Å². The Morgan fingerprint density at radius 1 is 1.35 bits per heavy atom. The second kappa shape index (κ2) is 3.74. The van der Waals surface area contributed by atoms with Gasteiger partial charge in [0, 0.05) is 17.5 Å². The van der Waals surface area contributed by atoms with E-state index in [-0.39, 0.29) is 11.9 Å². The summed E-state index contributed by atoms with van der Waals surface area (Å²) in [6.45, 7) is 6.87. The van der Waals surface area contributed by atoms with Gasteiger partial charge >= 0.3 is 0 Å². The third kappa shape index (κ3) is 1.53. The zero-order valence-electron chi connectivity index (χ0n) is 9.23. The first-order valence-electron chi connectivity index (χ1n) is 5.62. The molecule has 0 fully saturated rings. The van der Waals surface area contributed by atoms with E-state index in [0.29, 0.717) is 11.3 Å². The van der Waals surface area contributed by atoms with Crippen molar-refractivity contribution in [2.75, 3.05) is 0 Å². The Morgan fingerprint density at radius 2 is 2.24 bits per heavy atom. The summed E-state index contributed by atoms with van der Waals surface area (Å²) < 4.78 is 16.1. The van der Waals surface area contributed by atoms with Gasteiger partial charge in [-0.15, -0.1) is 0 Å². The second-order valence-electron chi connectivity index (χ2n) is 4.28. The van der Waals surface area contributed by atoms with Gasteiger partial charge in [-0.05, 0) is 31.0 Å². The number of benzene rings is 1. The SMILES string of the molecule is [C-]#[N+]c1ccc([C@H]2CCc3cccn32)c(F)c1. The molecule has 0 N–H and O–H groups in total. The maximum absolute atomic E-state index is 13.9. The first kappa shape index (κ1) is 10.1. The Morgan fingerprint density at radius 3 is 3.00 bits per heavy atom. The van der Waals surface area contributed by atoms with Gasteiger partial charge < -0.3 is 4.57 Å². The molecule has 0 bridgehead atoms. The van der Waals surface area contributed by atoms with Crippen molar-refractivity contribution in [3.8, 4) is 0 Å². The van der Waals surface area contributed by atoms with Gasteiger partial charge in [0.1, 0.15) is 5.82 Å². The van der Waals surface area contributed by atoms with Crippen LogP contribution in [0.15, 0.2) is 36.5 Å². The number of fused-ring (bicyclic) bond motifs is 1. The molecule has 17 heavy (non-hydrogen) atoms. The average molecular weight is 226 g/mol. The number of hydrogen-bond donors (Lipinski definition) is 0. The van der Waals surface area contributed by atoms with Crippen LogP contribution >= 0.6 is 0 Å². The fourth-order valence-corrected chi connectivity index (χ4v) is 2.53. The van der Waals surface area contributed by atoms with Crippen LogP contribution in [-0.4, -0.2) is 4.57 Å². The Hall–Kier alpha value is -2.08. The maximum Gasteiger partial charge on any atom is 0.190 e. The smallest absolute Gasteiger partial charge is 0.190 e. The topological polar surface area (TPSA) is 9.29 Å². The zero-order chi connectivity index (χ0) is 11.8. The molecule has 2 nitrogen and oxygen atoms in total. The minimum absolute atomic E-state index is 0.0831. The molecule has 2 aromatic rings. The molecule has 0 radical (unpaired) electrons. The minimum atomic E-state index is -0.273. The van der Waals surface area contributed by atoms with E-state index in [1.807, 2.05) is 12.3 Å². The van der Waals surface area contributed by atoms with E-state index in [9.17, 15) is 4.39 Å². The van der Waals surface area contributed by atoms with Crippen LogP contribution in [0, 0.1) is 12.4 Å². The highest BCUT2D eigenvalue weighted by atomic mass is 19.1. The molecule has 0 unspecified atom stereocenters. The molecule has 0 spiro atoms. The molecule has 84 valence electrons. The second-order valence-corrected chi connectivity index (χ2v) is 4.28. The van der Waals surface area contributed by atoms with Gasteiger partial charge in [-0.1, -0.05) is 12.1 Å². The molecule has 2 heterocycles. The highest BCUT2D eigenvalue weighted by molar-refractivity contribution is 5.47. The van der Waals surface area contributed by atoms with Gasteiger partial charge in [0.25, 0.3) is 0 Å². The lowest BCUT2D eigenvalue weighted by Crippen LogP contribution is -2.06. The molecule has 0 saturated carbocycles. The first-order chi connectivity index (χ1) is 8.29. The molecule has 1 aliphatic heterocycles. The molecule has 0 saturated heterocycles. The van der Waals surface area contributed by atoms with E-state index in [0.717, 1.165) is 12.8 Å². The summed E-state index contributed by atoms with van der Waals surface area (Å²) in [6.07, 6.45) is 3.92. The van der Waals surface area contributed by atoms with Gasteiger partial charge in [0.2, 0.25) is 0 Å². The molecule has 3 rings (SSSR count). The lowest BCUT2D eigenvalue weighted by Gasteiger charge is -2.15. The van der Waals surface area contributed by atoms with Crippen LogP contribution in [0.1, 0.15) is 23.7 Å². The van der Waals surface area contributed by atoms with Crippen molar-refractivity contribution in [2.45, 2.75) is 18.9 Å². The van der Waals surface area contributed by atoms with Gasteiger partial charge in [0.15, 0.2) is 5.69 Å². The molecule has 0 aliphatic carbocycles. The van der Waals surface area contributed by atoms with Crippen molar-refractivity contribution in [3.05, 3.63) is 65.0 Å². The standard InChI is InChI=1S/C14H11FN2/c1-16-10-4-6-12(13(15)9-10)14-7-5-11-3-2-8-17(11)14/h2-4,6,8-9,14H,5,7H2/t14-/m1/s1. The molecule has 0 amide bonds. The Labute approximate surface area is 99.1 Å². The summed E-state index contributed by atoms with van der Waals surface area (Å²) in [5.41, 5.74) is 2.30. The van der Waals surface area contributed by atoms with E-state index >= 15 is 0 Å². The lowest BCUT2D eigenvalue weighted by molar-refractivity contribution is 0.548. The van der Waals surface area contributed by atoms with Crippen molar-refractivity contribution < 1.29 is 4.39 Å².